The van der Waals surface area contributed by atoms with Crippen LogP contribution < -0.4 is 14.8 Å². The van der Waals surface area contributed by atoms with E-state index in [4.69, 9.17) is 14.2 Å². The second-order valence-corrected chi connectivity index (χ2v) is 10.7. The second-order valence-electron chi connectivity index (χ2n) is 10.7. The molecule has 0 spiro atoms. The average molecular weight is 477 g/mol. The van der Waals surface area contributed by atoms with E-state index in [1.165, 1.54) is 11.1 Å². The van der Waals surface area contributed by atoms with Gasteiger partial charge in [-0.1, -0.05) is 13.8 Å². The van der Waals surface area contributed by atoms with E-state index in [0.717, 1.165) is 43.9 Å². The first kappa shape index (κ1) is 26.1. The summed E-state index contributed by atoms with van der Waals surface area (Å²) in [6, 6.07) is 4.44. The number of alkyl carbamates (subject to hydrolysis) is 1. The Morgan fingerprint density at radius 2 is 1.85 bits per heavy atom. The van der Waals surface area contributed by atoms with Crippen molar-refractivity contribution in [3.63, 3.8) is 0 Å². The lowest BCUT2D eigenvalue weighted by Crippen LogP contribution is -2.47. The number of nitrogens with one attached hydrogen (secondary N) is 1. The molecule has 3 atom stereocenters. The van der Waals surface area contributed by atoms with Crippen LogP contribution in [0.2, 0.25) is 0 Å². The van der Waals surface area contributed by atoms with E-state index < -0.39 is 17.5 Å². The molecule has 1 fully saturated rings. The number of piperidine rings is 1. The molecule has 8 heteroatoms. The largest absolute Gasteiger partial charge is 0.493 e. The molecule has 8 nitrogen and oxygen atoms in total. The van der Waals surface area contributed by atoms with Crippen molar-refractivity contribution in [3.05, 3.63) is 23.3 Å². The molecule has 2 aliphatic rings. The van der Waals surface area contributed by atoms with Crippen LogP contribution in [-0.4, -0.2) is 62.5 Å². The van der Waals surface area contributed by atoms with Gasteiger partial charge in [0.05, 0.1) is 26.2 Å². The van der Waals surface area contributed by atoms with Gasteiger partial charge in [0.15, 0.2) is 11.5 Å². The molecule has 2 aliphatic heterocycles. The van der Waals surface area contributed by atoms with E-state index >= 15 is 0 Å². The Hall–Kier alpha value is -2.48. The molecule has 1 saturated heterocycles. The lowest BCUT2D eigenvalue weighted by molar-refractivity contribution is -0.146. The third kappa shape index (κ3) is 5.95. The highest BCUT2D eigenvalue weighted by Gasteiger charge is 2.40. The van der Waals surface area contributed by atoms with E-state index in [-0.39, 0.29) is 18.5 Å². The lowest BCUT2D eigenvalue weighted by atomic mass is 9.74. The van der Waals surface area contributed by atoms with E-state index in [2.05, 4.69) is 36.2 Å². The summed E-state index contributed by atoms with van der Waals surface area (Å²) >= 11 is 0. The number of carboxylic acid groups (broad SMARTS) is 1. The van der Waals surface area contributed by atoms with Crippen LogP contribution in [0.25, 0.3) is 0 Å². The van der Waals surface area contributed by atoms with Crippen molar-refractivity contribution < 1.29 is 28.9 Å². The molecule has 1 aromatic rings. The summed E-state index contributed by atoms with van der Waals surface area (Å²) < 4.78 is 16.7. The van der Waals surface area contributed by atoms with Gasteiger partial charge in [-0.25, -0.2) is 4.79 Å². The van der Waals surface area contributed by atoms with Gasteiger partial charge in [0.25, 0.3) is 0 Å². The fourth-order valence-corrected chi connectivity index (χ4v) is 5.18. The number of benzene rings is 1. The van der Waals surface area contributed by atoms with Gasteiger partial charge in [-0.15, -0.1) is 0 Å². The fourth-order valence-electron chi connectivity index (χ4n) is 5.18. The number of carbonyl (C=O) groups excluding carboxylic acids is 1. The monoisotopic (exact) mass is 476 g/mol. The minimum atomic E-state index is -1.05. The third-order valence-corrected chi connectivity index (χ3v) is 7.23. The first-order valence-electron chi connectivity index (χ1n) is 12.2. The maximum absolute atomic E-state index is 12.4. The van der Waals surface area contributed by atoms with Crippen LogP contribution >= 0.6 is 0 Å². The van der Waals surface area contributed by atoms with Crippen molar-refractivity contribution in [1.29, 1.82) is 0 Å². The summed E-state index contributed by atoms with van der Waals surface area (Å²) in [5, 5.41) is 11.9. The molecule has 1 amide bonds. The molecule has 2 heterocycles. The predicted molar refractivity (Wildman–Crippen MR) is 129 cm³/mol. The molecule has 1 aromatic carbocycles. The maximum Gasteiger partial charge on any atom is 0.407 e. The highest BCUT2D eigenvalue weighted by Crippen LogP contribution is 2.45. The zero-order valence-corrected chi connectivity index (χ0v) is 21.3. The SMILES string of the molecule is COc1cc2c(cc1OC)C1CC(COC(=O)NCC(C)(C)C(=O)O)C(CC(C)C)CN1CC2. The van der Waals surface area contributed by atoms with E-state index in [1.807, 2.05) is 0 Å². The van der Waals surface area contributed by atoms with Crippen LogP contribution in [0, 0.1) is 23.2 Å². The minimum absolute atomic E-state index is 0.0205. The van der Waals surface area contributed by atoms with Crippen LogP contribution in [0.1, 0.15) is 57.7 Å². The number of aliphatic carboxylic acids is 1. The van der Waals surface area contributed by atoms with Crippen LogP contribution in [0.3, 0.4) is 0 Å². The first-order valence-corrected chi connectivity index (χ1v) is 12.2. The van der Waals surface area contributed by atoms with Crippen LogP contribution in [0.15, 0.2) is 12.1 Å². The van der Waals surface area contributed by atoms with Crippen molar-refractivity contribution in [2.24, 2.45) is 23.2 Å². The molecule has 0 aliphatic carbocycles. The van der Waals surface area contributed by atoms with Crippen molar-refractivity contribution in [2.45, 2.75) is 53.0 Å². The number of rotatable bonds is 9. The maximum atomic E-state index is 12.4. The normalized spacial score (nSPS) is 22.5. The van der Waals surface area contributed by atoms with Gasteiger partial charge in [-0.3, -0.25) is 9.69 Å². The summed E-state index contributed by atoms with van der Waals surface area (Å²) in [5.74, 6) is 1.74. The zero-order valence-electron chi connectivity index (χ0n) is 21.3. The van der Waals surface area contributed by atoms with Gasteiger partial charge in [0.1, 0.15) is 0 Å². The summed E-state index contributed by atoms with van der Waals surface area (Å²) in [5.41, 5.74) is 1.51. The smallest absolute Gasteiger partial charge is 0.407 e. The van der Waals surface area contributed by atoms with Crippen LogP contribution in [-0.2, 0) is 16.0 Å². The molecular weight excluding hydrogens is 436 g/mol. The Balaban J connectivity index is 1.73. The van der Waals surface area contributed by atoms with E-state index in [1.54, 1.807) is 28.1 Å². The highest BCUT2D eigenvalue weighted by atomic mass is 16.5. The Morgan fingerprint density at radius 1 is 1.18 bits per heavy atom. The van der Waals surface area contributed by atoms with Crippen molar-refractivity contribution in [2.75, 3.05) is 40.5 Å². The van der Waals surface area contributed by atoms with Crippen molar-refractivity contribution in [3.8, 4) is 11.5 Å². The zero-order chi connectivity index (χ0) is 25.0. The number of ether oxygens (including phenoxy) is 3. The van der Waals surface area contributed by atoms with E-state index in [0.29, 0.717) is 18.4 Å². The molecule has 0 radical (unpaired) electrons. The average Bonchev–Trinajstić information content (AvgIpc) is 2.79. The van der Waals surface area contributed by atoms with E-state index in [9.17, 15) is 14.7 Å². The molecule has 3 unspecified atom stereocenters. The fraction of sp³-hybridized carbons (Fsp3) is 0.692. The predicted octanol–water partition coefficient (Wildman–Crippen LogP) is 4.12. The molecule has 34 heavy (non-hydrogen) atoms. The Kier molecular flexibility index (Phi) is 8.34. The summed E-state index contributed by atoms with van der Waals surface area (Å²) in [6.07, 6.45) is 2.39. The number of hydrogen-bond acceptors (Lipinski definition) is 6. The lowest BCUT2D eigenvalue weighted by Gasteiger charge is -2.47. The van der Waals surface area contributed by atoms with Crippen molar-refractivity contribution >= 4 is 12.1 Å². The Bertz CT molecular complexity index is 884. The van der Waals surface area contributed by atoms with Crippen LogP contribution in [0.5, 0.6) is 11.5 Å². The Labute approximate surface area is 202 Å². The molecule has 0 bridgehead atoms. The first-order chi connectivity index (χ1) is 16.1. The molecule has 0 aromatic heterocycles. The van der Waals surface area contributed by atoms with Gasteiger partial charge < -0.3 is 24.6 Å². The molecule has 2 N–H and O–H groups in total. The number of amides is 1. The molecule has 3 rings (SSSR count). The van der Waals surface area contributed by atoms with Gasteiger partial charge >= 0.3 is 12.1 Å². The number of fused-ring (bicyclic) bond motifs is 3. The van der Waals surface area contributed by atoms with Gasteiger partial charge in [0, 0.05) is 25.7 Å². The van der Waals surface area contributed by atoms with Crippen molar-refractivity contribution in [1.82, 2.24) is 10.2 Å². The Morgan fingerprint density at radius 3 is 2.47 bits per heavy atom. The topological polar surface area (TPSA) is 97.3 Å². The van der Waals surface area contributed by atoms with Gasteiger partial charge in [-0.05, 0) is 74.1 Å². The van der Waals surface area contributed by atoms with Crippen LogP contribution in [0.4, 0.5) is 4.79 Å². The number of carboxylic acids is 1. The molecular formula is C26H40N2O6. The number of nitrogens with zero attached hydrogens (tertiary/aromatic N) is 1. The number of methoxy groups -OCH3 is 2. The minimum Gasteiger partial charge on any atom is -0.493 e. The summed E-state index contributed by atoms with van der Waals surface area (Å²) in [4.78, 5) is 26.2. The summed E-state index contributed by atoms with van der Waals surface area (Å²) in [7, 11) is 3.32. The number of carbonyl (C=O) groups is 2. The summed E-state index contributed by atoms with van der Waals surface area (Å²) in [6.45, 7) is 9.93. The number of hydrogen-bond donors (Lipinski definition) is 2. The standard InChI is InChI=1S/C26H40N2O6/c1-16(2)9-18-13-28-8-7-17-11-22(32-5)23(33-6)12-20(17)21(28)10-19(18)14-34-25(31)27-15-26(3,4)24(29)30/h11-12,16,18-19,21H,7-10,13-15H2,1-6H3,(H,27,31)(H,29,30). The van der Waals surface area contributed by atoms with Gasteiger partial charge in [-0.2, -0.15) is 0 Å². The molecule has 0 saturated carbocycles. The molecule has 190 valence electrons. The highest BCUT2D eigenvalue weighted by molar-refractivity contribution is 5.75. The van der Waals surface area contributed by atoms with Gasteiger partial charge in [0.2, 0.25) is 0 Å². The quantitative estimate of drug-likeness (QED) is 0.553. The third-order valence-electron chi connectivity index (χ3n) is 7.23. The second kappa shape index (κ2) is 10.8.